The Morgan fingerprint density at radius 3 is 2.67 bits per heavy atom. The van der Waals surface area contributed by atoms with E-state index in [0.717, 1.165) is 0 Å². The van der Waals surface area contributed by atoms with Crippen molar-refractivity contribution in [3.63, 3.8) is 0 Å². The minimum Gasteiger partial charge on any atom is -0.489 e. The van der Waals surface area contributed by atoms with Crippen molar-refractivity contribution in [3.05, 3.63) is 42.0 Å². The van der Waals surface area contributed by atoms with Crippen molar-refractivity contribution in [3.8, 4) is 5.75 Å². The lowest BCUT2D eigenvalue weighted by Crippen LogP contribution is -2.07. The Labute approximate surface area is 105 Å². The third-order valence-electron chi connectivity index (χ3n) is 2.31. The zero-order chi connectivity index (χ0) is 13.1. The van der Waals surface area contributed by atoms with Crippen LogP contribution in [0.2, 0.25) is 0 Å². The van der Waals surface area contributed by atoms with Crippen LogP contribution in [0.25, 0.3) is 0 Å². The van der Waals surface area contributed by atoms with Crippen molar-refractivity contribution in [2.24, 2.45) is 7.05 Å². The number of pyridine rings is 1. The normalized spacial score (nSPS) is 10.7. The molecule has 0 N–H and O–H groups in total. The average molecular weight is 245 g/mol. The van der Waals surface area contributed by atoms with E-state index in [2.05, 4.69) is 10.1 Å². The van der Waals surface area contributed by atoms with E-state index in [-0.39, 0.29) is 11.9 Å². The van der Waals surface area contributed by atoms with E-state index in [1.54, 1.807) is 30.2 Å². The topological polar surface area (TPSA) is 57.0 Å². The van der Waals surface area contributed by atoms with Crippen LogP contribution in [0.3, 0.4) is 0 Å². The number of ketones is 1. The fraction of sp³-hybridized carbons (Fsp3) is 0.308. The van der Waals surface area contributed by atoms with Gasteiger partial charge in [-0.15, -0.1) is 0 Å². The fourth-order valence-electron chi connectivity index (χ4n) is 1.58. The summed E-state index contributed by atoms with van der Waals surface area (Å²) in [6.07, 6.45) is 6.40. The summed E-state index contributed by atoms with van der Waals surface area (Å²) in [4.78, 5) is 16.2. The Kier molecular flexibility index (Phi) is 3.41. The summed E-state index contributed by atoms with van der Waals surface area (Å²) in [5.41, 5.74) is 1.04. The van der Waals surface area contributed by atoms with Crippen molar-refractivity contribution in [1.82, 2.24) is 14.8 Å². The van der Waals surface area contributed by atoms with Crippen LogP contribution < -0.4 is 4.74 Å². The standard InChI is InChI=1S/C13H15N3O2/c1-9(2)18-12-4-10(5-14-7-12)13(17)11-6-15-16(3)8-11/h4-9H,1-3H3. The van der Waals surface area contributed by atoms with Gasteiger partial charge in [-0.3, -0.25) is 14.5 Å². The van der Waals surface area contributed by atoms with Gasteiger partial charge >= 0.3 is 0 Å². The van der Waals surface area contributed by atoms with Gasteiger partial charge in [0.05, 0.1) is 24.1 Å². The average Bonchev–Trinajstić information content (AvgIpc) is 2.74. The number of aromatic nitrogens is 3. The molecule has 0 amide bonds. The number of carbonyl (C=O) groups is 1. The van der Waals surface area contributed by atoms with Gasteiger partial charge in [-0.2, -0.15) is 5.10 Å². The Bertz CT molecular complexity index is 561. The van der Waals surface area contributed by atoms with Gasteiger partial charge in [0.25, 0.3) is 0 Å². The zero-order valence-corrected chi connectivity index (χ0v) is 10.6. The van der Waals surface area contributed by atoms with E-state index >= 15 is 0 Å². The summed E-state index contributed by atoms with van der Waals surface area (Å²) in [7, 11) is 1.77. The summed E-state index contributed by atoms with van der Waals surface area (Å²) in [5.74, 6) is 0.490. The predicted octanol–water partition coefficient (Wildman–Crippen LogP) is 1.83. The third kappa shape index (κ3) is 2.74. The Balaban J connectivity index is 2.25. The van der Waals surface area contributed by atoms with Crippen molar-refractivity contribution >= 4 is 5.78 Å². The molecule has 0 saturated heterocycles. The van der Waals surface area contributed by atoms with Crippen molar-refractivity contribution in [1.29, 1.82) is 0 Å². The molecule has 0 aliphatic heterocycles. The van der Waals surface area contributed by atoms with Gasteiger partial charge < -0.3 is 4.74 Å². The van der Waals surface area contributed by atoms with Gasteiger partial charge in [-0.05, 0) is 19.9 Å². The first kappa shape index (κ1) is 12.3. The number of nitrogens with zero attached hydrogens (tertiary/aromatic N) is 3. The Morgan fingerprint density at radius 1 is 1.28 bits per heavy atom. The predicted molar refractivity (Wildman–Crippen MR) is 66.6 cm³/mol. The summed E-state index contributed by atoms with van der Waals surface area (Å²) < 4.78 is 7.10. The minimum absolute atomic E-state index is 0.0514. The largest absolute Gasteiger partial charge is 0.489 e. The summed E-state index contributed by atoms with van der Waals surface area (Å²) in [6.45, 7) is 3.85. The molecular weight excluding hydrogens is 230 g/mol. The fourth-order valence-corrected chi connectivity index (χ4v) is 1.58. The molecule has 5 heteroatoms. The van der Waals surface area contributed by atoms with Crippen LogP contribution in [0, 0.1) is 0 Å². The molecule has 0 aliphatic rings. The molecule has 2 aromatic rings. The molecule has 0 atom stereocenters. The maximum atomic E-state index is 12.1. The highest BCUT2D eigenvalue weighted by molar-refractivity contribution is 6.08. The van der Waals surface area contributed by atoms with Gasteiger partial charge in [0.15, 0.2) is 5.78 Å². The first-order valence-corrected chi connectivity index (χ1v) is 5.71. The molecule has 0 aromatic carbocycles. The van der Waals surface area contributed by atoms with E-state index in [9.17, 15) is 4.79 Å². The van der Waals surface area contributed by atoms with Crippen LogP contribution in [0.15, 0.2) is 30.9 Å². The first-order valence-electron chi connectivity index (χ1n) is 5.71. The maximum absolute atomic E-state index is 12.1. The molecule has 0 bridgehead atoms. The van der Waals surface area contributed by atoms with Gasteiger partial charge in [0.2, 0.25) is 0 Å². The Hall–Kier alpha value is -2.17. The van der Waals surface area contributed by atoms with Crippen LogP contribution >= 0.6 is 0 Å². The number of aryl methyl sites for hydroxylation is 1. The van der Waals surface area contributed by atoms with Crippen LogP contribution in [-0.2, 0) is 7.05 Å². The molecule has 2 heterocycles. The number of rotatable bonds is 4. The lowest BCUT2D eigenvalue weighted by Gasteiger charge is -2.09. The molecule has 0 spiro atoms. The third-order valence-corrected chi connectivity index (χ3v) is 2.31. The van der Waals surface area contributed by atoms with Gasteiger partial charge in [0.1, 0.15) is 5.75 Å². The molecule has 0 radical (unpaired) electrons. The summed E-state index contributed by atoms with van der Waals surface area (Å²) >= 11 is 0. The quantitative estimate of drug-likeness (QED) is 0.771. The number of carbonyl (C=O) groups excluding carboxylic acids is 1. The van der Waals surface area contributed by atoms with Crippen molar-refractivity contribution in [2.45, 2.75) is 20.0 Å². The molecule has 2 aromatic heterocycles. The number of ether oxygens (including phenoxy) is 1. The highest BCUT2D eigenvalue weighted by Gasteiger charge is 2.12. The second-order valence-corrected chi connectivity index (χ2v) is 4.31. The highest BCUT2D eigenvalue weighted by Crippen LogP contribution is 2.15. The van der Waals surface area contributed by atoms with Crippen LogP contribution in [0.5, 0.6) is 5.75 Å². The molecule has 0 aliphatic carbocycles. The Morgan fingerprint density at radius 2 is 2.06 bits per heavy atom. The number of hydrogen-bond acceptors (Lipinski definition) is 4. The lowest BCUT2D eigenvalue weighted by atomic mass is 10.1. The first-order chi connectivity index (χ1) is 8.56. The van der Waals surface area contributed by atoms with Gasteiger partial charge in [0, 0.05) is 25.0 Å². The maximum Gasteiger partial charge on any atom is 0.197 e. The SMILES string of the molecule is CC(C)Oc1cncc(C(=O)c2cnn(C)c2)c1. The van der Waals surface area contributed by atoms with E-state index in [1.807, 2.05) is 13.8 Å². The van der Waals surface area contributed by atoms with Gasteiger partial charge in [-0.25, -0.2) is 0 Å². The van der Waals surface area contributed by atoms with E-state index < -0.39 is 0 Å². The second kappa shape index (κ2) is 5.00. The highest BCUT2D eigenvalue weighted by atomic mass is 16.5. The number of hydrogen-bond donors (Lipinski definition) is 0. The molecule has 0 unspecified atom stereocenters. The van der Waals surface area contributed by atoms with E-state index in [1.165, 1.54) is 12.4 Å². The monoisotopic (exact) mass is 245 g/mol. The van der Waals surface area contributed by atoms with Crippen LogP contribution in [0.1, 0.15) is 29.8 Å². The summed E-state index contributed by atoms with van der Waals surface area (Å²) in [6, 6.07) is 1.70. The van der Waals surface area contributed by atoms with E-state index in [4.69, 9.17) is 4.74 Å². The zero-order valence-electron chi connectivity index (χ0n) is 10.6. The lowest BCUT2D eigenvalue weighted by molar-refractivity contribution is 0.103. The minimum atomic E-state index is -0.107. The molecule has 18 heavy (non-hydrogen) atoms. The molecule has 5 nitrogen and oxygen atoms in total. The van der Waals surface area contributed by atoms with Crippen LogP contribution in [0.4, 0.5) is 0 Å². The van der Waals surface area contributed by atoms with Crippen molar-refractivity contribution in [2.75, 3.05) is 0 Å². The van der Waals surface area contributed by atoms with E-state index in [0.29, 0.717) is 16.9 Å². The smallest absolute Gasteiger partial charge is 0.197 e. The van der Waals surface area contributed by atoms with Crippen molar-refractivity contribution < 1.29 is 9.53 Å². The molecule has 94 valence electrons. The molecule has 0 saturated carbocycles. The molecule has 2 rings (SSSR count). The molecule has 0 fully saturated rings. The van der Waals surface area contributed by atoms with Gasteiger partial charge in [-0.1, -0.05) is 0 Å². The van der Waals surface area contributed by atoms with Crippen LogP contribution in [-0.4, -0.2) is 26.7 Å². The second-order valence-electron chi connectivity index (χ2n) is 4.31. The summed E-state index contributed by atoms with van der Waals surface area (Å²) in [5, 5.41) is 3.98. The molecular formula is C13H15N3O2.